The molecule has 0 radical (unpaired) electrons. The highest BCUT2D eigenvalue weighted by Gasteiger charge is 2.30. The quantitative estimate of drug-likeness (QED) is 0.0222. The summed E-state index contributed by atoms with van der Waals surface area (Å²) in [7, 11) is -9.88. The van der Waals surface area contributed by atoms with Crippen LogP contribution >= 0.6 is 15.6 Å². The summed E-state index contributed by atoms with van der Waals surface area (Å²) in [6, 6.07) is 0. The van der Waals surface area contributed by atoms with Crippen molar-refractivity contribution in [2.75, 3.05) is 39.6 Å². The minimum absolute atomic E-state index is 0.103. The predicted molar refractivity (Wildman–Crippen MR) is 321 cm³/mol. The normalized spacial score (nSPS) is 14.4. The van der Waals surface area contributed by atoms with E-state index in [9.17, 15) is 43.2 Å². The molecule has 0 spiro atoms. The Labute approximate surface area is 492 Å². The lowest BCUT2D eigenvalue weighted by Gasteiger charge is -2.21. The third-order valence-corrected chi connectivity index (χ3v) is 16.1. The molecule has 0 aliphatic heterocycles. The number of phosphoric ester groups is 2. The molecule has 81 heavy (non-hydrogen) atoms. The summed E-state index contributed by atoms with van der Waals surface area (Å²) < 4.78 is 67.8. The molecule has 480 valence electrons. The van der Waals surface area contributed by atoms with E-state index in [0.29, 0.717) is 31.6 Å². The topological polar surface area (TPSA) is 237 Å². The number of ether oxygens (including phenoxy) is 4. The molecule has 0 bridgehead atoms. The Kier molecular flexibility index (Phi) is 53.4. The fourth-order valence-electron chi connectivity index (χ4n) is 9.18. The molecule has 0 rings (SSSR count). The smallest absolute Gasteiger partial charge is 0.462 e. The average molecular weight is 1200 g/mol. The van der Waals surface area contributed by atoms with Crippen molar-refractivity contribution in [2.24, 2.45) is 11.8 Å². The minimum Gasteiger partial charge on any atom is -0.462 e. The molecule has 0 amide bonds. The molecule has 0 aromatic heterocycles. The third-order valence-electron chi connectivity index (χ3n) is 14.2. The Hall–Kier alpha value is -1.94. The number of rotatable bonds is 61. The van der Waals surface area contributed by atoms with Gasteiger partial charge in [-0.3, -0.25) is 37.3 Å². The van der Waals surface area contributed by atoms with Crippen molar-refractivity contribution in [3.63, 3.8) is 0 Å². The van der Waals surface area contributed by atoms with Crippen molar-refractivity contribution in [3.8, 4) is 0 Å². The Balaban J connectivity index is 5.22. The number of esters is 4. The van der Waals surface area contributed by atoms with Gasteiger partial charge in [-0.25, -0.2) is 9.13 Å². The van der Waals surface area contributed by atoms with Crippen LogP contribution in [0.1, 0.15) is 305 Å². The van der Waals surface area contributed by atoms with Crippen LogP contribution in [0.5, 0.6) is 0 Å². The number of hydrogen-bond acceptors (Lipinski definition) is 15. The summed E-state index contributed by atoms with van der Waals surface area (Å²) in [5, 5.41) is 10.5. The van der Waals surface area contributed by atoms with Gasteiger partial charge in [0.25, 0.3) is 0 Å². The van der Waals surface area contributed by atoms with E-state index in [1.807, 2.05) is 0 Å². The molecule has 19 heteroatoms. The Morgan fingerprint density at radius 1 is 0.333 bits per heavy atom. The number of aliphatic hydroxyl groups excluding tert-OH is 1. The minimum atomic E-state index is -4.94. The molecule has 3 N–H and O–H groups in total. The fourth-order valence-corrected chi connectivity index (χ4v) is 10.8. The van der Waals surface area contributed by atoms with Crippen molar-refractivity contribution >= 4 is 39.5 Å². The second-order valence-electron chi connectivity index (χ2n) is 23.4. The van der Waals surface area contributed by atoms with Crippen molar-refractivity contribution < 1.29 is 80.2 Å². The zero-order valence-electron chi connectivity index (χ0n) is 52.1. The zero-order chi connectivity index (χ0) is 60.1. The third kappa shape index (κ3) is 56.9. The van der Waals surface area contributed by atoms with E-state index in [1.54, 1.807) is 0 Å². The standard InChI is InChI=1S/C62H120O17P2/c1-7-9-11-13-15-16-17-18-19-20-28-34-40-46-61(66)78-58(51-73-60(65)45-39-33-27-22-21-25-30-36-42-54(3)4)53-77-81(70,71)75-49-56(63)48-74-80(68,69)76-52-57(50-72-59(64)44-38-32-24-14-12-10-8-2)79-62(67)47-41-35-29-23-26-31-37-43-55(5)6/h54-58,63H,7-53H2,1-6H3,(H,68,69)(H,70,71)/t56-,57+,58+/m0/s1. The van der Waals surface area contributed by atoms with Crippen molar-refractivity contribution in [1.82, 2.24) is 0 Å². The van der Waals surface area contributed by atoms with E-state index in [0.717, 1.165) is 109 Å². The van der Waals surface area contributed by atoms with Gasteiger partial charge in [-0.05, 0) is 37.5 Å². The maximum atomic E-state index is 13.0. The van der Waals surface area contributed by atoms with E-state index in [4.69, 9.17) is 37.0 Å². The predicted octanol–water partition coefficient (Wildman–Crippen LogP) is 16.9. The molecule has 2 unspecified atom stereocenters. The first-order chi connectivity index (χ1) is 38.9. The van der Waals surface area contributed by atoms with Crippen LogP contribution in [-0.4, -0.2) is 96.7 Å². The van der Waals surface area contributed by atoms with E-state index in [2.05, 4.69) is 41.5 Å². The summed E-state index contributed by atoms with van der Waals surface area (Å²) in [4.78, 5) is 72.0. The van der Waals surface area contributed by atoms with Gasteiger partial charge in [-0.2, -0.15) is 0 Å². The first-order valence-electron chi connectivity index (χ1n) is 32.5. The lowest BCUT2D eigenvalue weighted by molar-refractivity contribution is -0.161. The number of aliphatic hydroxyl groups is 1. The largest absolute Gasteiger partial charge is 0.472 e. The van der Waals surface area contributed by atoms with Crippen molar-refractivity contribution in [2.45, 2.75) is 323 Å². The van der Waals surface area contributed by atoms with E-state index in [1.165, 1.54) is 109 Å². The monoisotopic (exact) mass is 1200 g/mol. The summed E-state index contributed by atoms with van der Waals surface area (Å²) >= 11 is 0. The van der Waals surface area contributed by atoms with Crippen LogP contribution in [-0.2, 0) is 65.4 Å². The zero-order valence-corrected chi connectivity index (χ0v) is 53.9. The second kappa shape index (κ2) is 54.7. The van der Waals surface area contributed by atoms with Crippen LogP contribution in [0.2, 0.25) is 0 Å². The average Bonchev–Trinajstić information content (AvgIpc) is 3.42. The lowest BCUT2D eigenvalue weighted by Crippen LogP contribution is -2.30. The van der Waals surface area contributed by atoms with Crippen LogP contribution in [0.15, 0.2) is 0 Å². The molecule has 0 aromatic carbocycles. The Morgan fingerprint density at radius 2 is 0.568 bits per heavy atom. The van der Waals surface area contributed by atoms with Gasteiger partial charge in [0, 0.05) is 25.7 Å². The van der Waals surface area contributed by atoms with Crippen LogP contribution in [0.3, 0.4) is 0 Å². The van der Waals surface area contributed by atoms with Gasteiger partial charge in [0.2, 0.25) is 0 Å². The molecule has 0 fully saturated rings. The number of hydrogen-bond donors (Lipinski definition) is 3. The van der Waals surface area contributed by atoms with E-state index >= 15 is 0 Å². The first-order valence-corrected chi connectivity index (χ1v) is 35.5. The summed E-state index contributed by atoms with van der Waals surface area (Å²) in [6.45, 7) is 9.34. The molecule has 17 nitrogen and oxygen atoms in total. The van der Waals surface area contributed by atoms with Gasteiger partial charge < -0.3 is 33.8 Å². The Bertz CT molecular complexity index is 1600. The molecular formula is C62H120O17P2. The highest BCUT2D eigenvalue weighted by atomic mass is 31.2. The molecule has 0 heterocycles. The Morgan fingerprint density at radius 3 is 0.840 bits per heavy atom. The molecule has 0 saturated carbocycles. The molecule has 0 aromatic rings. The molecular weight excluding hydrogens is 1080 g/mol. The molecule has 5 atom stereocenters. The van der Waals surface area contributed by atoms with Crippen LogP contribution < -0.4 is 0 Å². The van der Waals surface area contributed by atoms with Crippen LogP contribution in [0, 0.1) is 11.8 Å². The number of carbonyl (C=O) groups excluding carboxylic acids is 4. The van der Waals surface area contributed by atoms with Gasteiger partial charge >= 0.3 is 39.5 Å². The van der Waals surface area contributed by atoms with Gasteiger partial charge in [0.1, 0.15) is 19.3 Å². The van der Waals surface area contributed by atoms with Crippen LogP contribution in [0.4, 0.5) is 0 Å². The van der Waals surface area contributed by atoms with Crippen molar-refractivity contribution in [1.29, 1.82) is 0 Å². The number of carbonyl (C=O) groups is 4. The maximum Gasteiger partial charge on any atom is 0.472 e. The van der Waals surface area contributed by atoms with E-state index in [-0.39, 0.29) is 25.7 Å². The SMILES string of the molecule is CCCCCCCCCCCCCCCC(=O)O[C@H](COC(=O)CCCCCCCCCCC(C)C)COP(=O)(O)OC[C@@H](O)COP(=O)(O)OC[C@@H](COC(=O)CCCCCCCCC)OC(=O)CCCCCCCCCC(C)C. The van der Waals surface area contributed by atoms with Crippen LogP contribution in [0.25, 0.3) is 0 Å². The molecule has 0 aliphatic rings. The number of unbranched alkanes of at least 4 members (excludes halogenated alkanes) is 31. The number of phosphoric acid groups is 2. The maximum absolute atomic E-state index is 13.0. The van der Waals surface area contributed by atoms with Gasteiger partial charge in [-0.1, -0.05) is 253 Å². The van der Waals surface area contributed by atoms with Gasteiger partial charge in [0.05, 0.1) is 26.4 Å². The summed E-state index contributed by atoms with van der Waals surface area (Å²) in [5.41, 5.74) is 0. The second-order valence-corrected chi connectivity index (χ2v) is 26.3. The van der Waals surface area contributed by atoms with E-state index < -0.39 is 97.5 Å². The summed E-state index contributed by atoms with van der Waals surface area (Å²) in [6.07, 6.45) is 36.4. The first kappa shape index (κ1) is 79.1. The highest BCUT2D eigenvalue weighted by molar-refractivity contribution is 7.47. The highest BCUT2D eigenvalue weighted by Crippen LogP contribution is 2.45. The van der Waals surface area contributed by atoms with Gasteiger partial charge in [0.15, 0.2) is 12.2 Å². The molecule has 0 saturated heterocycles. The summed E-state index contributed by atoms with van der Waals surface area (Å²) in [5.74, 6) is -0.720. The van der Waals surface area contributed by atoms with Gasteiger partial charge in [-0.15, -0.1) is 0 Å². The van der Waals surface area contributed by atoms with Crippen molar-refractivity contribution in [3.05, 3.63) is 0 Å². The lowest BCUT2D eigenvalue weighted by atomic mass is 10.0. The fraction of sp³-hybridized carbons (Fsp3) is 0.935. The molecule has 0 aliphatic carbocycles.